The van der Waals surface area contributed by atoms with E-state index in [9.17, 15) is 14.7 Å². The van der Waals surface area contributed by atoms with Gasteiger partial charge in [-0.1, -0.05) is 18.2 Å². The lowest BCUT2D eigenvalue weighted by Crippen LogP contribution is -2.42. The number of nitrogens with one attached hydrogen (secondary N) is 1. The number of fused-ring (bicyclic) bond motifs is 1. The number of hydrogen-bond donors (Lipinski definition) is 3. The van der Waals surface area contributed by atoms with Gasteiger partial charge in [-0.25, -0.2) is 4.39 Å². The predicted molar refractivity (Wildman–Crippen MR) is 164 cm³/mol. The number of anilines is 3. The van der Waals surface area contributed by atoms with Crippen molar-refractivity contribution in [2.75, 3.05) is 37.4 Å². The molecule has 5 aromatic rings. The number of rotatable bonds is 8. The number of carbonyl (C=O) groups excluding carboxylic acids is 1. The lowest BCUT2D eigenvalue weighted by atomic mass is 10.0. The van der Waals surface area contributed by atoms with E-state index in [-0.39, 0.29) is 35.6 Å². The van der Waals surface area contributed by atoms with Crippen LogP contribution in [-0.2, 0) is 22.7 Å². The van der Waals surface area contributed by atoms with E-state index in [1.54, 1.807) is 41.6 Å². The fourth-order valence-corrected chi connectivity index (χ4v) is 5.63. The van der Waals surface area contributed by atoms with Gasteiger partial charge in [-0.05, 0) is 47.9 Å². The summed E-state index contributed by atoms with van der Waals surface area (Å²) in [5.74, 6) is -0.0975. The van der Waals surface area contributed by atoms with Gasteiger partial charge in [-0.3, -0.25) is 18.8 Å². The van der Waals surface area contributed by atoms with E-state index in [0.717, 1.165) is 18.4 Å². The molecule has 0 spiro atoms. The Labute approximate surface area is 256 Å². The van der Waals surface area contributed by atoms with Crippen molar-refractivity contribution in [1.82, 2.24) is 34.2 Å². The molecule has 2 fully saturated rings. The van der Waals surface area contributed by atoms with Crippen molar-refractivity contribution >= 4 is 34.3 Å². The van der Waals surface area contributed by atoms with Crippen LogP contribution in [0.5, 0.6) is 0 Å². The molecule has 1 aliphatic carbocycles. The molecule has 230 valence electrons. The fourth-order valence-electron chi connectivity index (χ4n) is 5.63. The van der Waals surface area contributed by atoms with E-state index >= 15 is 4.39 Å². The molecular formula is C31H30FN9O4. The molecule has 4 heterocycles. The quantitative estimate of drug-likeness (QED) is 0.237. The third-order valence-electron chi connectivity index (χ3n) is 8.04. The third kappa shape index (κ3) is 5.72. The van der Waals surface area contributed by atoms with Gasteiger partial charge in [0.25, 0.3) is 5.56 Å². The van der Waals surface area contributed by atoms with Crippen LogP contribution in [0.2, 0.25) is 0 Å². The Bertz CT molecular complexity index is 1980. The number of benzene rings is 2. The Morgan fingerprint density at radius 2 is 1.96 bits per heavy atom. The first-order valence-electron chi connectivity index (χ1n) is 14.6. The smallest absolute Gasteiger partial charge is 0.265 e. The molecule has 14 heteroatoms. The van der Waals surface area contributed by atoms with E-state index in [2.05, 4.69) is 25.4 Å². The fraction of sp³-hybridized carbons (Fsp3) is 0.290. The van der Waals surface area contributed by atoms with Gasteiger partial charge in [-0.15, -0.1) is 0 Å². The summed E-state index contributed by atoms with van der Waals surface area (Å²) in [6, 6.07) is 10.1. The summed E-state index contributed by atoms with van der Waals surface area (Å²) in [5.41, 5.74) is 8.04. The number of nitrogen functional groups attached to an aromatic ring is 1. The van der Waals surface area contributed by atoms with Crippen LogP contribution in [0.15, 0.2) is 59.8 Å². The number of nitrogens with zero attached hydrogens (tertiary/aromatic N) is 7. The molecule has 3 aromatic heterocycles. The van der Waals surface area contributed by atoms with Crippen LogP contribution in [-0.4, -0.2) is 71.5 Å². The summed E-state index contributed by atoms with van der Waals surface area (Å²) in [6.07, 6.45) is 6.80. The highest BCUT2D eigenvalue weighted by Crippen LogP contribution is 2.41. The second kappa shape index (κ2) is 11.7. The van der Waals surface area contributed by atoms with E-state index < -0.39 is 18.0 Å². The second-order valence-corrected chi connectivity index (χ2v) is 11.1. The Balaban J connectivity index is 1.18. The summed E-state index contributed by atoms with van der Waals surface area (Å²) in [5, 5.41) is 18.3. The first-order valence-corrected chi connectivity index (χ1v) is 14.6. The van der Waals surface area contributed by atoms with E-state index in [4.69, 9.17) is 10.5 Å². The summed E-state index contributed by atoms with van der Waals surface area (Å²) in [7, 11) is 0. The highest BCUT2D eigenvalue weighted by molar-refractivity contribution is 5.84. The van der Waals surface area contributed by atoms with E-state index in [0.29, 0.717) is 60.1 Å². The summed E-state index contributed by atoms with van der Waals surface area (Å²) in [6.45, 7) is 1.72. The third-order valence-corrected chi connectivity index (χ3v) is 8.04. The standard InChI is InChI=1S/C31H30FN9O4/c32-24-13-20(18-4-5-18)12-19-6-7-41(29(44)27(19)24)25-3-1-2-22(23(25)17-42)28-36-30(33)38-31(37-28)35-21-14-34-40(15-21)16-26(43)39-8-10-45-11-9-39/h1-3,6-7,12-15,18,42H,4-5,8-11,16-17H2,(H3,33,35,36,37,38). The zero-order valence-corrected chi connectivity index (χ0v) is 24.2. The maximum absolute atomic E-state index is 15.2. The monoisotopic (exact) mass is 611 g/mol. The van der Waals surface area contributed by atoms with Crippen LogP contribution in [0.4, 0.5) is 22.0 Å². The number of hydrogen-bond acceptors (Lipinski definition) is 10. The average Bonchev–Trinajstić information content (AvgIpc) is 3.81. The maximum Gasteiger partial charge on any atom is 0.265 e. The molecule has 45 heavy (non-hydrogen) atoms. The number of amides is 1. The van der Waals surface area contributed by atoms with Gasteiger partial charge in [0.2, 0.25) is 17.8 Å². The van der Waals surface area contributed by atoms with Crippen LogP contribution in [0, 0.1) is 5.82 Å². The molecule has 1 amide bonds. The van der Waals surface area contributed by atoms with Gasteiger partial charge >= 0.3 is 0 Å². The minimum atomic E-state index is -0.565. The van der Waals surface area contributed by atoms with Gasteiger partial charge in [0.05, 0.1) is 42.8 Å². The molecule has 2 aromatic carbocycles. The lowest BCUT2D eigenvalue weighted by Gasteiger charge is -2.26. The molecule has 7 rings (SSSR count). The number of carbonyl (C=O) groups is 1. The summed E-state index contributed by atoms with van der Waals surface area (Å²) in [4.78, 5) is 40.9. The summed E-state index contributed by atoms with van der Waals surface area (Å²) < 4.78 is 23.3. The zero-order valence-electron chi connectivity index (χ0n) is 24.2. The molecule has 13 nitrogen and oxygen atoms in total. The highest BCUT2D eigenvalue weighted by atomic mass is 19.1. The van der Waals surface area contributed by atoms with Crippen LogP contribution in [0.1, 0.15) is 29.9 Å². The highest BCUT2D eigenvalue weighted by Gasteiger charge is 2.25. The predicted octanol–water partition coefficient (Wildman–Crippen LogP) is 2.73. The Morgan fingerprint density at radius 3 is 2.73 bits per heavy atom. The van der Waals surface area contributed by atoms with Crippen molar-refractivity contribution < 1.29 is 19.0 Å². The van der Waals surface area contributed by atoms with Gasteiger partial charge in [0.1, 0.15) is 12.4 Å². The largest absolute Gasteiger partial charge is 0.392 e. The average molecular weight is 612 g/mol. The van der Waals surface area contributed by atoms with Crippen LogP contribution < -0.4 is 16.6 Å². The lowest BCUT2D eigenvalue weighted by molar-refractivity contribution is -0.136. The van der Waals surface area contributed by atoms with Gasteiger partial charge in [-0.2, -0.15) is 20.1 Å². The summed E-state index contributed by atoms with van der Waals surface area (Å²) >= 11 is 0. The van der Waals surface area contributed by atoms with Gasteiger partial charge < -0.3 is 25.8 Å². The molecule has 0 bridgehead atoms. The number of pyridine rings is 1. The van der Waals surface area contributed by atoms with Crippen molar-refractivity contribution in [3.63, 3.8) is 0 Å². The van der Waals surface area contributed by atoms with E-state index in [1.807, 2.05) is 6.07 Å². The van der Waals surface area contributed by atoms with Crippen molar-refractivity contribution in [3.05, 3.63) is 82.3 Å². The number of aliphatic hydroxyl groups excluding tert-OH is 1. The number of nitrogens with two attached hydrogens (primary N) is 1. The minimum Gasteiger partial charge on any atom is -0.392 e. The molecular weight excluding hydrogens is 581 g/mol. The van der Waals surface area contributed by atoms with Crippen LogP contribution in [0.25, 0.3) is 27.8 Å². The van der Waals surface area contributed by atoms with Crippen molar-refractivity contribution in [3.8, 4) is 17.1 Å². The molecule has 1 aliphatic heterocycles. The number of halogens is 1. The zero-order chi connectivity index (χ0) is 31.1. The molecule has 0 unspecified atom stereocenters. The normalized spacial score (nSPS) is 15.0. The number of aliphatic hydroxyl groups is 1. The molecule has 2 aliphatic rings. The molecule has 0 atom stereocenters. The Kier molecular flexibility index (Phi) is 7.43. The Hall–Kier alpha value is -5.21. The molecule has 4 N–H and O–H groups in total. The first kappa shape index (κ1) is 28.6. The second-order valence-electron chi connectivity index (χ2n) is 11.1. The minimum absolute atomic E-state index is 0.0146. The maximum atomic E-state index is 15.2. The van der Waals surface area contributed by atoms with Crippen molar-refractivity contribution in [2.24, 2.45) is 0 Å². The van der Waals surface area contributed by atoms with Gasteiger partial charge in [0.15, 0.2) is 5.82 Å². The van der Waals surface area contributed by atoms with Crippen LogP contribution in [0.3, 0.4) is 0 Å². The number of aromatic nitrogens is 6. The van der Waals surface area contributed by atoms with Crippen molar-refractivity contribution in [2.45, 2.75) is 31.9 Å². The Morgan fingerprint density at radius 1 is 1.13 bits per heavy atom. The van der Waals surface area contributed by atoms with Gasteiger partial charge in [0, 0.05) is 36.6 Å². The molecule has 1 saturated heterocycles. The molecule has 1 saturated carbocycles. The SMILES string of the molecule is Nc1nc(Nc2cnn(CC(=O)N3CCOCC3)c2)nc(-c2cccc(-n3ccc4cc(C5CC5)cc(F)c4c3=O)c2CO)n1. The van der Waals surface area contributed by atoms with Crippen molar-refractivity contribution in [1.29, 1.82) is 0 Å². The van der Waals surface area contributed by atoms with Crippen LogP contribution >= 0.6 is 0 Å². The number of ether oxygens (including phenoxy) is 1. The topological polar surface area (TPSA) is 166 Å². The molecule has 0 radical (unpaired) electrons. The van der Waals surface area contributed by atoms with E-state index in [1.165, 1.54) is 21.5 Å². The first-order chi connectivity index (χ1) is 21.9. The number of morpholine rings is 1.